The molecule has 1 aromatic rings. The van der Waals surface area contributed by atoms with Gasteiger partial charge in [0, 0.05) is 11.8 Å². The van der Waals surface area contributed by atoms with Crippen molar-refractivity contribution in [3.05, 3.63) is 35.9 Å². The van der Waals surface area contributed by atoms with Gasteiger partial charge in [-0.25, -0.2) is 4.79 Å². The van der Waals surface area contributed by atoms with Crippen LogP contribution in [-0.4, -0.2) is 23.0 Å². The summed E-state index contributed by atoms with van der Waals surface area (Å²) in [6, 6.07) is 6.14. The van der Waals surface area contributed by atoms with E-state index in [1.54, 1.807) is 37.3 Å². The zero-order valence-electron chi connectivity index (χ0n) is 10.1. The second kappa shape index (κ2) is 6.44. The van der Waals surface area contributed by atoms with Crippen LogP contribution in [0, 0.1) is 0 Å². The normalized spacial score (nSPS) is 12.3. The molecular formula is C13H16N2O3. The van der Waals surface area contributed by atoms with Gasteiger partial charge in [0.2, 0.25) is 5.91 Å². The first kappa shape index (κ1) is 13.8. The van der Waals surface area contributed by atoms with E-state index in [0.29, 0.717) is 12.1 Å². The zero-order chi connectivity index (χ0) is 13.5. The number of nitrogens with one attached hydrogen (secondary N) is 1. The minimum absolute atomic E-state index is 0.344. The first-order valence-corrected chi connectivity index (χ1v) is 5.60. The van der Waals surface area contributed by atoms with Crippen LogP contribution in [0.15, 0.2) is 30.3 Å². The molecule has 5 heteroatoms. The second-order valence-corrected chi connectivity index (χ2v) is 3.81. The van der Waals surface area contributed by atoms with Crippen molar-refractivity contribution in [1.82, 2.24) is 5.32 Å². The van der Waals surface area contributed by atoms with Crippen LogP contribution in [-0.2, 0) is 9.59 Å². The Morgan fingerprint density at radius 3 is 2.50 bits per heavy atom. The molecule has 0 spiro atoms. The molecule has 0 aromatic heterocycles. The first-order chi connectivity index (χ1) is 8.52. The number of carbonyl (C=O) groups is 2. The number of hydrogen-bond acceptors (Lipinski definition) is 3. The van der Waals surface area contributed by atoms with Crippen LogP contribution in [0.3, 0.4) is 0 Å². The van der Waals surface area contributed by atoms with Crippen molar-refractivity contribution < 1.29 is 14.7 Å². The van der Waals surface area contributed by atoms with Crippen LogP contribution in [0.4, 0.5) is 5.69 Å². The smallest absolute Gasteiger partial charge is 0.326 e. The predicted octanol–water partition coefficient (Wildman–Crippen LogP) is 1.26. The molecular weight excluding hydrogens is 232 g/mol. The quantitative estimate of drug-likeness (QED) is 0.540. The highest BCUT2D eigenvalue weighted by Crippen LogP contribution is 2.06. The van der Waals surface area contributed by atoms with Crippen molar-refractivity contribution >= 4 is 23.6 Å². The Labute approximate surface area is 105 Å². The summed E-state index contributed by atoms with van der Waals surface area (Å²) in [5.74, 6) is -1.46. The molecule has 0 bridgehead atoms. The number of anilines is 1. The average Bonchev–Trinajstić information content (AvgIpc) is 2.35. The van der Waals surface area contributed by atoms with Gasteiger partial charge in [-0.1, -0.05) is 19.1 Å². The van der Waals surface area contributed by atoms with E-state index >= 15 is 0 Å². The largest absolute Gasteiger partial charge is 0.480 e. The predicted molar refractivity (Wildman–Crippen MR) is 69.7 cm³/mol. The zero-order valence-corrected chi connectivity index (χ0v) is 10.1. The Kier molecular flexibility index (Phi) is 4.92. The number of rotatable bonds is 5. The van der Waals surface area contributed by atoms with E-state index in [-0.39, 0.29) is 0 Å². The average molecular weight is 248 g/mol. The number of hydrogen-bond donors (Lipinski definition) is 3. The molecule has 0 aliphatic carbocycles. The third-order valence-electron chi connectivity index (χ3n) is 2.39. The number of nitrogens with two attached hydrogens (primary N) is 1. The Morgan fingerprint density at radius 2 is 2.00 bits per heavy atom. The summed E-state index contributed by atoms with van der Waals surface area (Å²) in [6.07, 6.45) is 3.25. The van der Waals surface area contributed by atoms with Gasteiger partial charge in [0.25, 0.3) is 0 Å². The van der Waals surface area contributed by atoms with Crippen LogP contribution < -0.4 is 11.1 Å². The first-order valence-electron chi connectivity index (χ1n) is 5.60. The van der Waals surface area contributed by atoms with Gasteiger partial charge in [0.05, 0.1) is 0 Å². The van der Waals surface area contributed by atoms with Gasteiger partial charge >= 0.3 is 5.97 Å². The monoisotopic (exact) mass is 248 g/mol. The maximum Gasteiger partial charge on any atom is 0.326 e. The van der Waals surface area contributed by atoms with Gasteiger partial charge in [-0.15, -0.1) is 0 Å². The number of nitrogen functional groups attached to an aromatic ring is 1. The highest BCUT2D eigenvalue weighted by Gasteiger charge is 2.15. The molecule has 0 unspecified atom stereocenters. The molecule has 0 saturated heterocycles. The summed E-state index contributed by atoms with van der Waals surface area (Å²) in [4.78, 5) is 22.2. The minimum Gasteiger partial charge on any atom is -0.480 e. The van der Waals surface area contributed by atoms with Crippen LogP contribution in [0.25, 0.3) is 6.08 Å². The van der Waals surface area contributed by atoms with Gasteiger partial charge in [-0.3, -0.25) is 4.79 Å². The number of carboxylic acids is 1. The lowest BCUT2D eigenvalue weighted by Gasteiger charge is -2.09. The lowest BCUT2D eigenvalue weighted by molar-refractivity contribution is -0.141. The highest BCUT2D eigenvalue weighted by atomic mass is 16.4. The number of amides is 1. The number of aliphatic carboxylic acids is 1. The Bertz CT molecular complexity index is 452. The van der Waals surface area contributed by atoms with Crippen LogP contribution >= 0.6 is 0 Å². The lowest BCUT2D eigenvalue weighted by Crippen LogP contribution is -2.39. The van der Waals surface area contributed by atoms with Crippen molar-refractivity contribution in [3.8, 4) is 0 Å². The molecule has 0 fully saturated rings. The maximum absolute atomic E-state index is 11.5. The SMILES string of the molecule is CC[C@@H](NC(=O)/C=C/c1ccc(N)cc1)C(=O)O. The molecule has 0 aliphatic heterocycles. The standard InChI is InChI=1S/C13H16N2O3/c1-2-11(13(17)18)15-12(16)8-5-9-3-6-10(14)7-4-9/h3-8,11H,2,14H2,1H3,(H,15,16)(H,17,18)/b8-5+/t11-/m1/s1. The summed E-state index contributed by atoms with van der Waals surface area (Å²) in [6.45, 7) is 1.70. The fourth-order valence-corrected chi connectivity index (χ4v) is 1.34. The molecule has 5 nitrogen and oxygen atoms in total. The Balaban J connectivity index is 2.59. The summed E-state index contributed by atoms with van der Waals surface area (Å²) in [5.41, 5.74) is 7.00. The van der Waals surface area contributed by atoms with Crippen LogP contribution in [0.1, 0.15) is 18.9 Å². The van der Waals surface area contributed by atoms with E-state index in [2.05, 4.69) is 5.32 Å². The van der Waals surface area contributed by atoms with Crippen LogP contribution in [0.5, 0.6) is 0 Å². The Morgan fingerprint density at radius 1 is 1.39 bits per heavy atom. The number of benzene rings is 1. The van der Waals surface area contributed by atoms with Gasteiger partial charge in [-0.2, -0.15) is 0 Å². The minimum atomic E-state index is -1.04. The van der Waals surface area contributed by atoms with Gasteiger partial charge in [-0.05, 0) is 30.2 Å². The number of carboxylic acid groups (broad SMARTS) is 1. The van der Waals surface area contributed by atoms with E-state index in [4.69, 9.17) is 10.8 Å². The summed E-state index contributed by atoms with van der Waals surface area (Å²) in [7, 11) is 0. The molecule has 0 heterocycles. The fourth-order valence-electron chi connectivity index (χ4n) is 1.34. The summed E-state index contributed by atoms with van der Waals surface area (Å²) >= 11 is 0. The number of carbonyl (C=O) groups excluding carboxylic acids is 1. The van der Waals surface area contributed by atoms with E-state index < -0.39 is 17.9 Å². The third kappa shape index (κ3) is 4.29. The molecule has 1 amide bonds. The van der Waals surface area contributed by atoms with E-state index in [1.165, 1.54) is 6.08 Å². The van der Waals surface area contributed by atoms with E-state index in [1.807, 2.05) is 0 Å². The van der Waals surface area contributed by atoms with Gasteiger partial charge in [0.1, 0.15) is 6.04 Å². The Hall–Kier alpha value is -2.30. The summed E-state index contributed by atoms with van der Waals surface area (Å²) < 4.78 is 0. The molecule has 1 rings (SSSR count). The van der Waals surface area contributed by atoms with E-state index in [0.717, 1.165) is 5.56 Å². The molecule has 18 heavy (non-hydrogen) atoms. The highest BCUT2D eigenvalue weighted by molar-refractivity contribution is 5.94. The second-order valence-electron chi connectivity index (χ2n) is 3.81. The van der Waals surface area contributed by atoms with E-state index in [9.17, 15) is 9.59 Å². The molecule has 1 atom stereocenters. The molecule has 0 saturated carbocycles. The van der Waals surface area contributed by atoms with Crippen LogP contribution in [0.2, 0.25) is 0 Å². The fraction of sp³-hybridized carbons (Fsp3) is 0.231. The van der Waals surface area contributed by atoms with Crippen molar-refractivity contribution in [2.45, 2.75) is 19.4 Å². The van der Waals surface area contributed by atoms with Crippen molar-refractivity contribution in [2.24, 2.45) is 0 Å². The van der Waals surface area contributed by atoms with Gasteiger partial charge < -0.3 is 16.2 Å². The van der Waals surface area contributed by atoms with Crippen molar-refractivity contribution in [1.29, 1.82) is 0 Å². The van der Waals surface area contributed by atoms with Crippen molar-refractivity contribution in [3.63, 3.8) is 0 Å². The molecule has 1 aromatic carbocycles. The molecule has 4 N–H and O–H groups in total. The third-order valence-corrected chi connectivity index (χ3v) is 2.39. The summed E-state index contributed by atoms with van der Waals surface area (Å²) in [5, 5.41) is 11.2. The van der Waals surface area contributed by atoms with Gasteiger partial charge in [0.15, 0.2) is 0 Å². The van der Waals surface area contributed by atoms with Crippen molar-refractivity contribution in [2.75, 3.05) is 5.73 Å². The molecule has 96 valence electrons. The topological polar surface area (TPSA) is 92.4 Å². The maximum atomic E-state index is 11.5. The molecule has 0 aliphatic rings. The molecule has 0 radical (unpaired) electrons. The lowest BCUT2D eigenvalue weighted by atomic mass is 10.2.